The Bertz CT molecular complexity index is 430. The fraction of sp³-hybridized carbons (Fsp3) is 0.462. The number of hydrogen-bond acceptors (Lipinski definition) is 4. The number of benzene rings is 1. The van der Waals surface area contributed by atoms with Crippen molar-refractivity contribution in [3.63, 3.8) is 0 Å². The van der Waals surface area contributed by atoms with Crippen LogP contribution in [0.15, 0.2) is 18.2 Å². The van der Waals surface area contributed by atoms with Crippen LogP contribution in [0.5, 0.6) is 11.5 Å². The zero-order chi connectivity index (χ0) is 13.0. The van der Waals surface area contributed by atoms with E-state index in [-0.39, 0.29) is 12.5 Å². The molecule has 0 aromatic heterocycles. The maximum absolute atomic E-state index is 11.5. The Hall–Kier alpha value is -1.75. The second-order valence-electron chi connectivity index (χ2n) is 4.31. The number of nitrogens with one attached hydrogen (secondary N) is 1. The topological polar surface area (TPSA) is 73.6 Å². The zero-order valence-corrected chi connectivity index (χ0v) is 10.4. The van der Waals surface area contributed by atoms with Crippen molar-refractivity contribution < 1.29 is 14.3 Å². The van der Waals surface area contributed by atoms with E-state index in [1.54, 1.807) is 19.2 Å². The lowest BCUT2D eigenvalue weighted by molar-refractivity contribution is -0.123. The molecule has 1 aromatic rings. The summed E-state index contributed by atoms with van der Waals surface area (Å²) in [6, 6.07) is 5.72. The summed E-state index contributed by atoms with van der Waals surface area (Å²) in [7, 11) is 1.60. The monoisotopic (exact) mass is 250 g/mol. The molecule has 18 heavy (non-hydrogen) atoms. The smallest absolute Gasteiger partial charge is 0.258 e. The number of methoxy groups -OCH3 is 1. The number of ether oxygens (including phenoxy) is 2. The summed E-state index contributed by atoms with van der Waals surface area (Å²) in [5.74, 6) is 1.27. The van der Waals surface area contributed by atoms with E-state index in [9.17, 15) is 4.79 Å². The van der Waals surface area contributed by atoms with E-state index in [1.807, 2.05) is 6.07 Å². The van der Waals surface area contributed by atoms with Gasteiger partial charge in [-0.05, 0) is 31.0 Å². The molecule has 1 amide bonds. The predicted octanol–water partition coefficient (Wildman–Crippen LogP) is 0.811. The van der Waals surface area contributed by atoms with Gasteiger partial charge in [0, 0.05) is 18.2 Å². The van der Waals surface area contributed by atoms with Gasteiger partial charge in [-0.3, -0.25) is 4.79 Å². The number of carbonyl (C=O) groups is 1. The van der Waals surface area contributed by atoms with Gasteiger partial charge in [-0.15, -0.1) is 0 Å². The molecular weight excluding hydrogens is 232 g/mol. The van der Waals surface area contributed by atoms with Crippen LogP contribution in [0, 0.1) is 0 Å². The van der Waals surface area contributed by atoms with Crippen molar-refractivity contribution in [2.45, 2.75) is 25.4 Å². The van der Waals surface area contributed by atoms with E-state index >= 15 is 0 Å². The number of carbonyl (C=O) groups excluding carboxylic acids is 1. The highest BCUT2D eigenvalue weighted by Crippen LogP contribution is 2.24. The third-order valence-electron chi connectivity index (χ3n) is 2.79. The van der Waals surface area contributed by atoms with Crippen LogP contribution < -0.4 is 20.5 Å². The number of nitrogens with two attached hydrogens (primary N) is 1. The predicted molar refractivity (Wildman–Crippen MR) is 67.5 cm³/mol. The molecule has 0 spiro atoms. The van der Waals surface area contributed by atoms with Crippen LogP contribution in [0.4, 0.5) is 0 Å². The standard InChI is InChI=1S/C13H18N2O3/c1-17-11-4-5-12(9(6-11)7-14)18-8-13(16)15-10-2-3-10/h4-6,10H,2-3,7-8,14H2,1H3,(H,15,16). The second kappa shape index (κ2) is 5.73. The van der Waals surface area contributed by atoms with Crippen LogP contribution in [0.3, 0.4) is 0 Å². The molecule has 0 bridgehead atoms. The maximum Gasteiger partial charge on any atom is 0.258 e. The molecule has 1 fully saturated rings. The lowest BCUT2D eigenvalue weighted by atomic mass is 10.2. The Morgan fingerprint density at radius 1 is 1.50 bits per heavy atom. The van der Waals surface area contributed by atoms with Crippen molar-refractivity contribution >= 4 is 5.91 Å². The lowest BCUT2D eigenvalue weighted by Crippen LogP contribution is -2.30. The van der Waals surface area contributed by atoms with Crippen molar-refractivity contribution in [3.8, 4) is 11.5 Å². The maximum atomic E-state index is 11.5. The van der Waals surface area contributed by atoms with Gasteiger partial charge in [0.15, 0.2) is 6.61 Å². The largest absolute Gasteiger partial charge is 0.497 e. The molecule has 1 saturated carbocycles. The minimum atomic E-state index is -0.0868. The van der Waals surface area contributed by atoms with Gasteiger partial charge in [0.25, 0.3) is 5.91 Å². The first kappa shape index (κ1) is 12.7. The van der Waals surface area contributed by atoms with Crippen molar-refractivity contribution in [1.82, 2.24) is 5.32 Å². The Kier molecular flexibility index (Phi) is 4.04. The molecule has 98 valence electrons. The molecule has 3 N–H and O–H groups in total. The van der Waals surface area contributed by atoms with E-state index in [1.165, 1.54) is 0 Å². The molecule has 0 saturated heterocycles. The van der Waals surface area contributed by atoms with Gasteiger partial charge in [-0.2, -0.15) is 0 Å². The molecule has 5 heteroatoms. The van der Waals surface area contributed by atoms with Crippen LogP contribution in [0.2, 0.25) is 0 Å². The van der Waals surface area contributed by atoms with Crippen molar-refractivity contribution in [1.29, 1.82) is 0 Å². The summed E-state index contributed by atoms with van der Waals surface area (Å²) >= 11 is 0. The lowest BCUT2D eigenvalue weighted by Gasteiger charge is -2.11. The van der Waals surface area contributed by atoms with Crippen molar-refractivity contribution in [2.75, 3.05) is 13.7 Å². The van der Waals surface area contributed by atoms with Crippen LogP contribution in [-0.2, 0) is 11.3 Å². The van der Waals surface area contributed by atoms with Gasteiger partial charge in [-0.25, -0.2) is 0 Å². The molecule has 0 unspecified atom stereocenters. The van der Waals surface area contributed by atoms with Crippen molar-refractivity contribution in [3.05, 3.63) is 23.8 Å². The summed E-state index contributed by atoms with van der Waals surface area (Å²) in [5.41, 5.74) is 6.46. The average molecular weight is 250 g/mol. The molecule has 1 aliphatic carbocycles. The van der Waals surface area contributed by atoms with Gasteiger partial charge >= 0.3 is 0 Å². The summed E-state index contributed by atoms with van der Waals surface area (Å²) in [4.78, 5) is 11.5. The molecule has 5 nitrogen and oxygen atoms in total. The normalized spacial score (nSPS) is 14.1. The Labute approximate surface area is 106 Å². The SMILES string of the molecule is COc1ccc(OCC(=O)NC2CC2)c(CN)c1. The molecule has 1 aliphatic rings. The highest BCUT2D eigenvalue weighted by molar-refractivity contribution is 5.78. The second-order valence-corrected chi connectivity index (χ2v) is 4.31. The minimum Gasteiger partial charge on any atom is -0.497 e. The summed E-state index contributed by atoms with van der Waals surface area (Å²) < 4.78 is 10.6. The highest BCUT2D eigenvalue weighted by atomic mass is 16.5. The number of amides is 1. The Morgan fingerprint density at radius 3 is 2.89 bits per heavy atom. The Morgan fingerprint density at radius 2 is 2.28 bits per heavy atom. The van der Waals surface area contributed by atoms with Gasteiger partial charge in [0.2, 0.25) is 0 Å². The van der Waals surface area contributed by atoms with Crippen LogP contribution in [-0.4, -0.2) is 25.7 Å². The molecule has 2 rings (SSSR count). The molecule has 0 heterocycles. The first-order valence-corrected chi connectivity index (χ1v) is 6.02. The fourth-order valence-electron chi connectivity index (χ4n) is 1.62. The van der Waals surface area contributed by atoms with Crippen LogP contribution in [0.25, 0.3) is 0 Å². The summed E-state index contributed by atoms with van der Waals surface area (Å²) in [6.45, 7) is 0.368. The third-order valence-corrected chi connectivity index (χ3v) is 2.79. The molecule has 0 aliphatic heterocycles. The first-order valence-electron chi connectivity index (χ1n) is 6.02. The fourth-order valence-corrected chi connectivity index (χ4v) is 1.62. The molecule has 0 radical (unpaired) electrons. The van der Waals surface area contributed by atoms with E-state index in [4.69, 9.17) is 15.2 Å². The first-order chi connectivity index (χ1) is 8.72. The van der Waals surface area contributed by atoms with Crippen molar-refractivity contribution in [2.24, 2.45) is 5.73 Å². The number of rotatable bonds is 6. The quantitative estimate of drug-likeness (QED) is 0.783. The van der Waals surface area contributed by atoms with Crippen LogP contribution >= 0.6 is 0 Å². The molecular formula is C13H18N2O3. The van der Waals surface area contributed by atoms with Gasteiger partial charge < -0.3 is 20.5 Å². The average Bonchev–Trinajstić information content (AvgIpc) is 3.20. The molecule has 0 atom stereocenters. The summed E-state index contributed by atoms with van der Waals surface area (Å²) in [5, 5.41) is 2.86. The van der Waals surface area contributed by atoms with Gasteiger partial charge in [-0.1, -0.05) is 0 Å². The van der Waals surface area contributed by atoms with Gasteiger partial charge in [0.1, 0.15) is 11.5 Å². The Balaban J connectivity index is 1.92. The zero-order valence-electron chi connectivity index (χ0n) is 10.4. The highest BCUT2D eigenvalue weighted by Gasteiger charge is 2.23. The van der Waals surface area contributed by atoms with Gasteiger partial charge in [0.05, 0.1) is 7.11 Å². The minimum absolute atomic E-state index is 0.0236. The van der Waals surface area contributed by atoms with Crippen LogP contribution in [0.1, 0.15) is 18.4 Å². The van der Waals surface area contributed by atoms with E-state index in [0.717, 1.165) is 24.2 Å². The van der Waals surface area contributed by atoms with E-state index in [0.29, 0.717) is 18.3 Å². The van der Waals surface area contributed by atoms with E-state index in [2.05, 4.69) is 5.32 Å². The summed E-state index contributed by atoms with van der Waals surface area (Å²) in [6.07, 6.45) is 2.14. The van der Waals surface area contributed by atoms with E-state index < -0.39 is 0 Å². The molecule has 1 aromatic carbocycles. The third kappa shape index (κ3) is 3.37. The number of hydrogen-bond donors (Lipinski definition) is 2.